The number of hydrogen-bond acceptors (Lipinski definition) is 8. The van der Waals surface area contributed by atoms with Crippen molar-refractivity contribution in [3.8, 4) is 11.3 Å². The van der Waals surface area contributed by atoms with Crippen LogP contribution in [0.4, 0.5) is 15.8 Å². The van der Waals surface area contributed by atoms with Crippen molar-refractivity contribution >= 4 is 46.3 Å². The minimum absolute atomic E-state index is 0.0116. The zero-order chi connectivity index (χ0) is 31.9. The van der Waals surface area contributed by atoms with E-state index in [2.05, 4.69) is 15.3 Å². The summed E-state index contributed by atoms with van der Waals surface area (Å²) in [7, 11) is 3.87. The summed E-state index contributed by atoms with van der Waals surface area (Å²) in [5, 5.41) is 6.04. The quantitative estimate of drug-likeness (QED) is 0.124. The number of thioether (sulfide) groups is 1. The molecular formula is C34H33FN6O2S2. The number of halogens is 1. The normalized spacial score (nSPS) is 11.6. The molecule has 5 rings (SSSR count). The zero-order valence-corrected chi connectivity index (χ0v) is 27.0. The number of aryl methyl sites for hydroxylation is 2. The predicted molar refractivity (Wildman–Crippen MR) is 179 cm³/mol. The predicted octanol–water partition coefficient (Wildman–Crippen LogP) is 6.92. The Hall–Kier alpha value is -4.61. The molecule has 0 saturated heterocycles. The highest BCUT2D eigenvalue weighted by Crippen LogP contribution is 2.30. The molecule has 0 aliphatic rings. The smallest absolute Gasteiger partial charge is 0.251 e. The molecule has 1 atom stereocenters. The number of carbonyl (C=O) groups is 2. The van der Waals surface area contributed by atoms with Crippen LogP contribution in [0.25, 0.3) is 11.3 Å². The third kappa shape index (κ3) is 8.31. The van der Waals surface area contributed by atoms with Crippen LogP contribution in [-0.4, -0.2) is 51.5 Å². The third-order valence-electron chi connectivity index (χ3n) is 6.93. The summed E-state index contributed by atoms with van der Waals surface area (Å²) in [6.07, 6.45) is 0. The van der Waals surface area contributed by atoms with E-state index < -0.39 is 17.8 Å². The number of thiazole rings is 1. The number of rotatable bonds is 11. The second kappa shape index (κ2) is 14.4. The molecule has 0 spiro atoms. The van der Waals surface area contributed by atoms with Gasteiger partial charge in [-0.3, -0.25) is 9.59 Å². The van der Waals surface area contributed by atoms with Crippen molar-refractivity contribution in [3.05, 3.63) is 118 Å². The lowest BCUT2D eigenvalue weighted by molar-refractivity contribution is -0.137. The molecule has 5 aromatic rings. The molecule has 3 aromatic carbocycles. The summed E-state index contributed by atoms with van der Waals surface area (Å²) >= 11 is 2.62. The molecule has 1 N–H and O–H groups in total. The summed E-state index contributed by atoms with van der Waals surface area (Å²) in [5.74, 6) is -1.20. The minimum Gasteiger partial charge on any atom is -0.378 e. The molecule has 0 aliphatic heterocycles. The first-order valence-corrected chi connectivity index (χ1v) is 16.1. The van der Waals surface area contributed by atoms with Gasteiger partial charge in [0, 0.05) is 47.8 Å². The van der Waals surface area contributed by atoms with Crippen molar-refractivity contribution in [2.24, 2.45) is 0 Å². The Morgan fingerprint density at radius 1 is 0.911 bits per heavy atom. The van der Waals surface area contributed by atoms with Crippen LogP contribution in [0.3, 0.4) is 0 Å². The summed E-state index contributed by atoms with van der Waals surface area (Å²) in [5.41, 5.74) is 5.36. The van der Waals surface area contributed by atoms with Gasteiger partial charge in [-0.05, 0) is 61.9 Å². The fraction of sp³-hybridized carbons (Fsp3) is 0.206. The van der Waals surface area contributed by atoms with E-state index in [1.165, 1.54) is 52.3 Å². The molecular weight excluding hydrogens is 608 g/mol. The molecule has 11 heteroatoms. The maximum absolute atomic E-state index is 14.1. The van der Waals surface area contributed by atoms with Crippen LogP contribution in [0.2, 0.25) is 0 Å². The van der Waals surface area contributed by atoms with Crippen molar-refractivity contribution < 1.29 is 14.0 Å². The van der Waals surface area contributed by atoms with E-state index in [0.717, 1.165) is 28.3 Å². The number of anilines is 2. The summed E-state index contributed by atoms with van der Waals surface area (Å²) in [6, 6.07) is 23.6. The number of hydrogen-bond donors (Lipinski definition) is 1. The molecule has 0 fully saturated rings. The van der Waals surface area contributed by atoms with Crippen LogP contribution in [0, 0.1) is 19.7 Å². The Morgan fingerprint density at radius 3 is 2.22 bits per heavy atom. The molecule has 2 amide bonds. The topological polar surface area (TPSA) is 91.3 Å². The molecule has 0 radical (unpaired) electrons. The van der Waals surface area contributed by atoms with Gasteiger partial charge in [-0.25, -0.2) is 19.3 Å². The number of nitrogens with one attached hydrogen (secondary N) is 1. The van der Waals surface area contributed by atoms with Gasteiger partial charge >= 0.3 is 0 Å². The van der Waals surface area contributed by atoms with Crippen LogP contribution in [0.1, 0.15) is 28.0 Å². The largest absolute Gasteiger partial charge is 0.378 e. The fourth-order valence-electron chi connectivity index (χ4n) is 4.73. The molecule has 230 valence electrons. The zero-order valence-electron chi connectivity index (χ0n) is 25.4. The molecule has 0 bridgehead atoms. The second-order valence-electron chi connectivity index (χ2n) is 10.6. The Balaban J connectivity index is 1.49. The molecule has 0 unspecified atom stereocenters. The van der Waals surface area contributed by atoms with Gasteiger partial charge in [0.15, 0.2) is 5.16 Å². The van der Waals surface area contributed by atoms with E-state index in [1.807, 2.05) is 86.8 Å². The van der Waals surface area contributed by atoms with Gasteiger partial charge < -0.3 is 15.1 Å². The highest BCUT2D eigenvalue weighted by molar-refractivity contribution is 7.99. The van der Waals surface area contributed by atoms with E-state index in [0.29, 0.717) is 21.4 Å². The lowest BCUT2D eigenvalue weighted by atomic mass is 10.0. The second-order valence-corrected chi connectivity index (χ2v) is 12.5. The van der Waals surface area contributed by atoms with E-state index in [4.69, 9.17) is 4.98 Å². The number of carbonyl (C=O) groups excluding carboxylic acids is 2. The fourth-order valence-corrected chi connectivity index (χ4v) is 6.37. The maximum atomic E-state index is 14.1. The van der Waals surface area contributed by atoms with Crippen LogP contribution in [-0.2, 0) is 16.1 Å². The summed E-state index contributed by atoms with van der Waals surface area (Å²) in [4.78, 5) is 45.4. The van der Waals surface area contributed by atoms with E-state index in [-0.39, 0.29) is 18.2 Å². The molecule has 8 nitrogen and oxygen atoms in total. The maximum Gasteiger partial charge on any atom is 0.251 e. The number of aromatic nitrogens is 3. The Bertz CT molecular complexity index is 1740. The SMILES string of the molecule is Cc1cc(C)nc(SCC(=O)N(Cc2nc(-c3ccccc3)cs2)[C@H](C(=O)Nc2ccc(N(C)C)cc2)c2ccc(F)cc2)n1. The van der Waals surface area contributed by atoms with Gasteiger partial charge in [-0.2, -0.15) is 0 Å². The number of amides is 2. The molecule has 0 saturated carbocycles. The lowest BCUT2D eigenvalue weighted by Gasteiger charge is -2.31. The lowest BCUT2D eigenvalue weighted by Crippen LogP contribution is -2.41. The van der Waals surface area contributed by atoms with Crippen LogP contribution < -0.4 is 10.2 Å². The molecule has 2 heterocycles. The van der Waals surface area contributed by atoms with Crippen molar-refractivity contribution in [2.75, 3.05) is 30.1 Å². The molecule has 0 aliphatic carbocycles. The van der Waals surface area contributed by atoms with Crippen molar-refractivity contribution in [2.45, 2.75) is 31.6 Å². The van der Waals surface area contributed by atoms with Gasteiger partial charge in [0.25, 0.3) is 5.91 Å². The molecule has 2 aromatic heterocycles. The highest BCUT2D eigenvalue weighted by atomic mass is 32.2. The van der Waals surface area contributed by atoms with Gasteiger partial charge in [0.1, 0.15) is 16.9 Å². The van der Waals surface area contributed by atoms with Crippen molar-refractivity contribution in [1.29, 1.82) is 0 Å². The Morgan fingerprint density at radius 2 is 1.58 bits per heavy atom. The third-order valence-corrected chi connectivity index (χ3v) is 8.60. The Labute approximate surface area is 270 Å². The first kappa shape index (κ1) is 31.8. The number of nitrogens with zero attached hydrogens (tertiary/aromatic N) is 5. The summed E-state index contributed by atoms with van der Waals surface area (Å²) < 4.78 is 14.0. The van der Waals surface area contributed by atoms with Crippen LogP contribution in [0.15, 0.2) is 95.5 Å². The van der Waals surface area contributed by atoms with Gasteiger partial charge in [0.05, 0.1) is 18.0 Å². The first-order valence-electron chi connectivity index (χ1n) is 14.2. The van der Waals surface area contributed by atoms with E-state index >= 15 is 0 Å². The van der Waals surface area contributed by atoms with Crippen LogP contribution in [0.5, 0.6) is 0 Å². The minimum atomic E-state index is -1.07. The highest BCUT2D eigenvalue weighted by Gasteiger charge is 2.33. The van der Waals surface area contributed by atoms with Gasteiger partial charge in [-0.1, -0.05) is 54.2 Å². The summed E-state index contributed by atoms with van der Waals surface area (Å²) in [6.45, 7) is 3.82. The average molecular weight is 641 g/mol. The van der Waals surface area contributed by atoms with Crippen LogP contribution >= 0.6 is 23.1 Å². The van der Waals surface area contributed by atoms with Crippen molar-refractivity contribution in [3.63, 3.8) is 0 Å². The van der Waals surface area contributed by atoms with E-state index in [1.54, 1.807) is 12.1 Å². The van der Waals surface area contributed by atoms with E-state index in [9.17, 15) is 14.0 Å². The monoisotopic (exact) mass is 640 g/mol. The molecule has 45 heavy (non-hydrogen) atoms. The average Bonchev–Trinajstić information content (AvgIpc) is 3.49. The first-order chi connectivity index (χ1) is 21.7. The number of benzene rings is 3. The Kier molecular flexibility index (Phi) is 10.2. The standard InChI is InChI=1S/C34H33FN6O2S2/c1-22-18-23(2)37-34(36-22)45-21-31(42)41(19-30-39-29(20-44-30)24-8-6-5-7-9-24)32(25-10-12-26(35)13-11-25)33(43)38-27-14-16-28(17-15-27)40(3)4/h5-18,20,32H,19,21H2,1-4H3,(H,38,43)/t32-/m0/s1. The van der Waals surface area contributed by atoms with Gasteiger partial charge in [0.2, 0.25) is 5.91 Å². The van der Waals surface area contributed by atoms with Crippen molar-refractivity contribution in [1.82, 2.24) is 19.9 Å². The van der Waals surface area contributed by atoms with Gasteiger partial charge in [-0.15, -0.1) is 11.3 Å².